The van der Waals surface area contributed by atoms with Crippen LogP contribution in [0.25, 0.3) is 0 Å². The van der Waals surface area contributed by atoms with Gasteiger partial charge < -0.3 is 9.84 Å². The highest BCUT2D eigenvalue weighted by Crippen LogP contribution is 2.29. The minimum absolute atomic E-state index is 0.0205. The van der Waals surface area contributed by atoms with Crippen molar-refractivity contribution in [2.75, 3.05) is 12.5 Å². The predicted molar refractivity (Wildman–Crippen MR) is 85.1 cm³/mol. The largest absolute Gasteiger partial charge is 0.504 e. The number of benzene rings is 1. The number of hydrazone groups is 1. The lowest BCUT2D eigenvalue weighted by molar-refractivity contribution is 0.373. The van der Waals surface area contributed by atoms with Crippen molar-refractivity contribution >= 4 is 46.8 Å². The molecule has 0 bridgehead atoms. The molecule has 0 amide bonds. The summed E-state index contributed by atoms with van der Waals surface area (Å²) in [6.45, 7) is 0. The number of rotatable bonds is 4. The zero-order valence-corrected chi connectivity index (χ0v) is 13.0. The van der Waals surface area contributed by atoms with Gasteiger partial charge in [0.15, 0.2) is 17.3 Å². The maximum absolute atomic E-state index is 9.65. The number of halogens is 3. The van der Waals surface area contributed by atoms with Gasteiger partial charge in [0.1, 0.15) is 5.15 Å². The molecule has 1 aromatic heterocycles. The topological polar surface area (TPSA) is 66.7 Å². The van der Waals surface area contributed by atoms with Crippen LogP contribution in [0.15, 0.2) is 29.4 Å². The highest BCUT2D eigenvalue weighted by Gasteiger charge is 2.06. The Morgan fingerprint density at radius 3 is 2.67 bits per heavy atom. The summed E-state index contributed by atoms with van der Waals surface area (Å²) in [4.78, 5) is 3.96. The standard InChI is InChI=1S/C13H10Cl3N3O2/c1-21-11-3-2-7(4-10(11)20)6-17-19-13-9(15)5-8(14)12(16)18-13/h2-6,20H,1H3,(H,18,19). The van der Waals surface area contributed by atoms with Crippen molar-refractivity contribution in [3.05, 3.63) is 45.0 Å². The Balaban J connectivity index is 2.12. The zero-order valence-electron chi connectivity index (χ0n) is 10.8. The summed E-state index contributed by atoms with van der Waals surface area (Å²) in [5.41, 5.74) is 3.31. The van der Waals surface area contributed by atoms with Crippen molar-refractivity contribution in [3.8, 4) is 11.5 Å². The van der Waals surface area contributed by atoms with Crippen LogP contribution in [0.3, 0.4) is 0 Å². The lowest BCUT2D eigenvalue weighted by Gasteiger charge is -2.05. The molecule has 0 radical (unpaired) electrons. The van der Waals surface area contributed by atoms with E-state index in [1.165, 1.54) is 25.5 Å². The number of hydrogen-bond donors (Lipinski definition) is 2. The summed E-state index contributed by atoms with van der Waals surface area (Å²) >= 11 is 17.5. The van der Waals surface area contributed by atoms with Crippen LogP contribution in [0, 0.1) is 0 Å². The Labute approximate surface area is 136 Å². The summed E-state index contributed by atoms with van der Waals surface area (Å²) in [5, 5.41) is 14.3. The lowest BCUT2D eigenvalue weighted by Crippen LogP contribution is -1.95. The first-order valence-corrected chi connectivity index (χ1v) is 6.82. The van der Waals surface area contributed by atoms with Crippen LogP contribution in [0.4, 0.5) is 5.82 Å². The third-order valence-corrected chi connectivity index (χ3v) is 3.43. The number of aromatic nitrogens is 1. The Morgan fingerprint density at radius 1 is 1.24 bits per heavy atom. The highest BCUT2D eigenvalue weighted by atomic mass is 35.5. The number of aromatic hydroxyl groups is 1. The van der Waals surface area contributed by atoms with E-state index in [0.717, 1.165) is 0 Å². The molecule has 0 fully saturated rings. The van der Waals surface area contributed by atoms with Crippen molar-refractivity contribution in [1.82, 2.24) is 4.98 Å². The van der Waals surface area contributed by atoms with E-state index in [1.54, 1.807) is 12.1 Å². The maximum Gasteiger partial charge on any atom is 0.166 e. The van der Waals surface area contributed by atoms with Gasteiger partial charge in [0.25, 0.3) is 0 Å². The number of nitrogens with zero attached hydrogens (tertiary/aromatic N) is 2. The van der Waals surface area contributed by atoms with Gasteiger partial charge in [0.05, 0.1) is 23.4 Å². The summed E-state index contributed by atoms with van der Waals surface area (Å²) < 4.78 is 4.95. The van der Waals surface area contributed by atoms with Crippen LogP contribution in [-0.4, -0.2) is 23.4 Å². The molecule has 8 heteroatoms. The number of methoxy groups -OCH3 is 1. The van der Waals surface area contributed by atoms with E-state index in [4.69, 9.17) is 39.5 Å². The second-order valence-electron chi connectivity index (χ2n) is 3.89. The van der Waals surface area contributed by atoms with Crippen molar-refractivity contribution < 1.29 is 9.84 Å². The molecule has 0 aliphatic heterocycles. The van der Waals surface area contributed by atoms with Crippen molar-refractivity contribution in [1.29, 1.82) is 0 Å². The Kier molecular flexibility index (Phi) is 5.12. The van der Waals surface area contributed by atoms with E-state index in [9.17, 15) is 5.11 Å². The molecule has 21 heavy (non-hydrogen) atoms. The second kappa shape index (κ2) is 6.85. The Morgan fingerprint density at radius 2 is 2.00 bits per heavy atom. The monoisotopic (exact) mass is 345 g/mol. The van der Waals surface area contributed by atoms with Gasteiger partial charge in [-0.05, 0) is 29.8 Å². The van der Waals surface area contributed by atoms with Crippen molar-refractivity contribution in [2.45, 2.75) is 0 Å². The van der Waals surface area contributed by atoms with Crippen LogP contribution in [0.5, 0.6) is 11.5 Å². The molecule has 2 N–H and O–H groups in total. The number of hydrogen-bond acceptors (Lipinski definition) is 5. The van der Waals surface area contributed by atoms with Crippen LogP contribution in [-0.2, 0) is 0 Å². The molecule has 110 valence electrons. The molecule has 0 spiro atoms. The number of nitrogens with one attached hydrogen (secondary N) is 1. The fourth-order valence-electron chi connectivity index (χ4n) is 1.48. The van der Waals surface area contributed by atoms with E-state index in [-0.39, 0.29) is 21.7 Å². The van der Waals surface area contributed by atoms with Gasteiger partial charge in [-0.1, -0.05) is 34.8 Å². The number of ether oxygens (including phenoxy) is 1. The van der Waals surface area contributed by atoms with Crippen LogP contribution in [0.1, 0.15) is 5.56 Å². The highest BCUT2D eigenvalue weighted by molar-refractivity contribution is 6.42. The molecule has 2 aromatic rings. The Bertz CT molecular complexity index is 693. The van der Waals surface area contributed by atoms with Gasteiger partial charge in [-0.25, -0.2) is 4.98 Å². The fraction of sp³-hybridized carbons (Fsp3) is 0.0769. The van der Waals surface area contributed by atoms with Gasteiger partial charge in [-0.2, -0.15) is 5.10 Å². The third-order valence-electron chi connectivity index (χ3n) is 2.47. The molecule has 0 unspecified atom stereocenters. The fourth-order valence-corrected chi connectivity index (χ4v) is 2.02. The Hall–Kier alpha value is -1.69. The van der Waals surface area contributed by atoms with E-state index in [0.29, 0.717) is 16.3 Å². The predicted octanol–water partition coefficient (Wildman–Crippen LogP) is 4.20. The molecule has 0 saturated heterocycles. The smallest absolute Gasteiger partial charge is 0.166 e. The molecule has 0 atom stereocenters. The molecular weight excluding hydrogens is 337 g/mol. The first kappa shape index (κ1) is 15.7. The van der Waals surface area contributed by atoms with Gasteiger partial charge in [-0.3, -0.25) is 5.43 Å². The van der Waals surface area contributed by atoms with E-state index < -0.39 is 0 Å². The molecular formula is C13H10Cl3N3O2. The van der Waals surface area contributed by atoms with Gasteiger partial charge in [0, 0.05) is 0 Å². The molecule has 0 saturated carbocycles. The van der Waals surface area contributed by atoms with Gasteiger partial charge in [-0.15, -0.1) is 0 Å². The zero-order chi connectivity index (χ0) is 15.4. The molecule has 1 heterocycles. The first-order chi connectivity index (χ1) is 10.0. The van der Waals surface area contributed by atoms with Gasteiger partial charge >= 0.3 is 0 Å². The first-order valence-electron chi connectivity index (χ1n) is 5.69. The minimum Gasteiger partial charge on any atom is -0.504 e. The summed E-state index contributed by atoms with van der Waals surface area (Å²) in [6.07, 6.45) is 1.49. The van der Waals surface area contributed by atoms with Gasteiger partial charge in [0.2, 0.25) is 0 Å². The number of phenols is 1. The normalized spacial score (nSPS) is 10.9. The van der Waals surface area contributed by atoms with Crippen LogP contribution >= 0.6 is 34.8 Å². The molecule has 0 aliphatic rings. The quantitative estimate of drug-likeness (QED) is 0.494. The number of pyridine rings is 1. The lowest BCUT2D eigenvalue weighted by atomic mass is 10.2. The van der Waals surface area contributed by atoms with E-state index >= 15 is 0 Å². The third kappa shape index (κ3) is 3.91. The number of phenolic OH excluding ortho intramolecular Hbond substituents is 1. The average molecular weight is 347 g/mol. The minimum atomic E-state index is 0.0205. The maximum atomic E-state index is 9.65. The molecule has 1 aromatic carbocycles. The average Bonchev–Trinajstić information content (AvgIpc) is 2.44. The summed E-state index contributed by atoms with van der Waals surface area (Å²) in [5.74, 6) is 0.682. The molecule has 0 aliphatic carbocycles. The number of anilines is 1. The van der Waals surface area contributed by atoms with Crippen molar-refractivity contribution in [2.24, 2.45) is 5.10 Å². The molecule has 5 nitrogen and oxygen atoms in total. The van der Waals surface area contributed by atoms with Crippen LogP contribution < -0.4 is 10.2 Å². The molecule has 2 rings (SSSR count). The SMILES string of the molecule is COc1ccc(C=NNc2nc(Cl)c(Cl)cc2Cl)cc1O. The van der Waals surface area contributed by atoms with Crippen molar-refractivity contribution in [3.63, 3.8) is 0 Å². The second-order valence-corrected chi connectivity index (χ2v) is 5.07. The van der Waals surface area contributed by atoms with E-state index in [1.807, 2.05) is 0 Å². The van der Waals surface area contributed by atoms with Crippen LogP contribution in [0.2, 0.25) is 15.2 Å². The van der Waals surface area contributed by atoms with E-state index in [2.05, 4.69) is 15.5 Å². The summed E-state index contributed by atoms with van der Waals surface area (Å²) in [7, 11) is 1.47. The summed E-state index contributed by atoms with van der Waals surface area (Å²) in [6, 6.07) is 6.33.